The molecule has 1 heterocycles. The SMILES string of the molecule is COc1cc(C)c(-c2cnc(N(C)C#N)nc2)cc1C. The normalized spacial score (nSPS) is 9.95. The van der Waals surface area contributed by atoms with Gasteiger partial charge in [0.1, 0.15) is 5.75 Å². The van der Waals surface area contributed by atoms with Gasteiger partial charge in [-0.05, 0) is 42.7 Å². The second-order valence-corrected chi connectivity index (χ2v) is 4.57. The molecule has 0 saturated carbocycles. The number of nitrogens with zero attached hydrogens (tertiary/aromatic N) is 4. The van der Waals surface area contributed by atoms with Crippen LogP contribution in [-0.4, -0.2) is 24.1 Å². The second kappa shape index (κ2) is 5.57. The lowest BCUT2D eigenvalue weighted by Crippen LogP contribution is -2.11. The molecule has 0 amide bonds. The first-order valence-corrected chi connectivity index (χ1v) is 6.18. The van der Waals surface area contributed by atoms with Crippen LogP contribution in [0.4, 0.5) is 5.95 Å². The minimum atomic E-state index is 0.388. The molecule has 20 heavy (non-hydrogen) atoms. The monoisotopic (exact) mass is 268 g/mol. The molecule has 5 heteroatoms. The molecule has 0 radical (unpaired) electrons. The van der Waals surface area contributed by atoms with Crippen molar-refractivity contribution in [3.05, 3.63) is 35.7 Å². The van der Waals surface area contributed by atoms with E-state index in [-0.39, 0.29) is 0 Å². The number of aromatic nitrogens is 2. The third-order valence-electron chi connectivity index (χ3n) is 3.14. The van der Waals surface area contributed by atoms with Gasteiger partial charge in [-0.25, -0.2) is 9.97 Å². The number of anilines is 1. The molecule has 2 aromatic rings. The van der Waals surface area contributed by atoms with Crippen LogP contribution in [0.1, 0.15) is 11.1 Å². The summed E-state index contributed by atoms with van der Waals surface area (Å²) in [6.45, 7) is 4.02. The van der Waals surface area contributed by atoms with Gasteiger partial charge in [-0.1, -0.05) is 0 Å². The van der Waals surface area contributed by atoms with Crippen molar-refractivity contribution in [3.63, 3.8) is 0 Å². The van der Waals surface area contributed by atoms with Gasteiger partial charge in [0.15, 0.2) is 6.19 Å². The Morgan fingerprint density at radius 3 is 2.35 bits per heavy atom. The van der Waals surface area contributed by atoms with Gasteiger partial charge in [-0.3, -0.25) is 4.90 Å². The number of ether oxygens (including phenoxy) is 1. The summed E-state index contributed by atoms with van der Waals surface area (Å²) in [5, 5.41) is 8.79. The zero-order chi connectivity index (χ0) is 14.7. The van der Waals surface area contributed by atoms with E-state index in [1.807, 2.05) is 26.1 Å². The van der Waals surface area contributed by atoms with E-state index in [9.17, 15) is 0 Å². The Labute approximate surface area is 118 Å². The van der Waals surface area contributed by atoms with Gasteiger partial charge in [0.2, 0.25) is 5.95 Å². The molecule has 0 unspecified atom stereocenters. The van der Waals surface area contributed by atoms with E-state index in [0.717, 1.165) is 28.0 Å². The molecule has 0 aliphatic carbocycles. The Kier molecular flexibility index (Phi) is 3.85. The summed E-state index contributed by atoms with van der Waals surface area (Å²) in [5.41, 5.74) is 4.14. The van der Waals surface area contributed by atoms with E-state index >= 15 is 0 Å². The Bertz CT molecular complexity index is 659. The van der Waals surface area contributed by atoms with Crippen molar-refractivity contribution >= 4 is 5.95 Å². The molecule has 0 atom stereocenters. The Hall–Kier alpha value is -2.61. The molecule has 1 aromatic heterocycles. The maximum Gasteiger partial charge on any atom is 0.238 e. The van der Waals surface area contributed by atoms with Gasteiger partial charge in [0, 0.05) is 25.0 Å². The average molecular weight is 268 g/mol. The molecular formula is C15H16N4O. The first kappa shape index (κ1) is 13.8. The van der Waals surface area contributed by atoms with Crippen LogP contribution in [0.5, 0.6) is 5.75 Å². The van der Waals surface area contributed by atoms with Gasteiger partial charge >= 0.3 is 0 Å². The first-order valence-electron chi connectivity index (χ1n) is 6.18. The van der Waals surface area contributed by atoms with E-state index in [4.69, 9.17) is 10.00 Å². The number of nitriles is 1. The topological polar surface area (TPSA) is 62.0 Å². The Morgan fingerprint density at radius 2 is 1.80 bits per heavy atom. The van der Waals surface area contributed by atoms with Crippen LogP contribution >= 0.6 is 0 Å². The molecule has 0 bridgehead atoms. The highest BCUT2D eigenvalue weighted by atomic mass is 16.5. The number of methoxy groups -OCH3 is 1. The average Bonchev–Trinajstić information content (AvgIpc) is 2.48. The number of hydrogen-bond acceptors (Lipinski definition) is 5. The van der Waals surface area contributed by atoms with Crippen molar-refractivity contribution in [1.29, 1.82) is 5.26 Å². The summed E-state index contributed by atoms with van der Waals surface area (Å²) in [6.07, 6.45) is 5.42. The largest absolute Gasteiger partial charge is 0.496 e. The van der Waals surface area contributed by atoms with Crippen LogP contribution in [-0.2, 0) is 0 Å². The molecule has 0 fully saturated rings. The summed E-state index contributed by atoms with van der Waals surface area (Å²) in [7, 11) is 3.29. The van der Waals surface area contributed by atoms with Crippen LogP contribution in [0.15, 0.2) is 24.5 Å². The molecule has 2 rings (SSSR count). The highest BCUT2D eigenvalue weighted by molar-refractivity contribution is 5.68. The molecular weight excluding hydrogens is 252 g/mol. The zero-order valence-corrected chi connectivity index (χ0v) is 12.0. The summed E-state index contributed by atoms with van der Waals surface area (Å²) in [4.78, 5) is 9.72. The van der Waals surface area contributed by atoms with Crippen molar-refractivity contribution in [2.75, 3.05) is 19.1 Å². The smallest absolute Gasteiger partial charge is 0.238 e. The Morgan fingerprint density at radius 1 is 1.15 bits per heavy atom. The third-order valence-corrected chi connectivity index (χ3v) is 3.14. The van der Waals surface area contributed by atoms with Gasteiger partial charge in [-0.2, -0.15) is 5.26 Å². The van der Waals surface area contributed by atoms with Crippen LogP contribution in [0.2, 0.25) is 0 Å². The Balaban J connectivity index is 2.42. The van der Waals surface area contributed by atoms with Gasteiger partial charge in [0.05, 0.1) is 7.11 Å². The predicted octanol–water partition coefficient (Wildman–Crippen LogP) is 2.69. The first-order chi connectivity index (χ1) is 9.56. The minimum absolute atomic E-state index is 0.388. The maximum atomic E-state index is 8.79. The molecule has 0 spiro atoms. The summed E-state index contributed by atoms with van der Waals surface area (Å²) < 4.78 is 5.31. The third kappa shape index (κ3) is 2.54. The highest BCUT2D eigenvalue weighted by Crippen LogP contribution is 2.29. The number of aryl methyl sites for hydroxylation is 2. The lowest BCUT2D eigenvalue weighted by Gasteiger charge is -2.12. The predicted molar refractivity (Wildman–Crippen MR) is 77.5 cm³/mol. The maximum absolute atomic E-state index is 8.79. The van der Waals surface area contributed by atoms with Crippen LogP contribution in [0.25, 0.3) is 11.1 Å². The van der Waals surface area contributed by atoms with E-state index in [0.29, 0.717) is 5.95 Å². The molecule has 0 aliphatic heterocycles. The fourth-order valence-electron chi connectivity index (χ4n) is 2.00. The highest BCUT2D eigenvalue weighted by Gasteiger charge is 2.09. The second-order valence-electron chi connectivity index (χ2n) is 4.57. The van der Waals surface area contributed by atoms with Gasteiger partial charge < -0.3 is 4.74 Å². The van der Waals surface area contributed by atoms with Crippen molar-refractivity contribution < 1.29 is 4.74 Å². The fourth-order valence-corrected chi connectivity index (χ4v) is 2.00. The summed E-state index contributed by atoms with van der Waals surface area (Å²) in [5.74, 6) is 1.26. The number of hydrogen-bond donors (Lipinski definition) is 0. The molecule has 5 nitrogen and oxygen atoms in total. The molecule has 0 saturated heterocycles. The van der Waals surface area contributed by atoms with Gasteiger partial charge in [0.25, 0.3) is 0 Å². The molecule has 0 aliphatic rings. The van der Waals surface area contributed by atoms with Crippen LogP contribution in [0, 0.1) is 25.3 Å². The van der Waals surface area contributed by atoms with Crippen molar-refractivity contribution in [2.24, 2.45) is 0 Å². The van der Waals surface area contributed by atoms with E-state index in [1.165, 1.54) is 4.90 Å². The number of benzene rings is 1. The lowest BCUT2D eigenvalue weighted by atomic mass is 10.00. The van der Waals surface area contributed by atoms with Gasteiger partial charge in [-0.15, -0.1) is 0 Å². The van der Waals surface area contributed by atoms with Crippen LogP contribution < -0.4 is 9.64 Å². The summed E-state index contributed by atoms with van der Waals surface area (Å²) in [6, 6.07) is 4.06. The van der Waals surface area contributed by atoms with Crippen molar-refractivity contribution in [1.82, 2.24) is 9.97 Å². The van der Waals surface area contributed by atoms with Crippen molar-refractivity contribution in [3.8, 4) is 23.1 Å². The minimum Gasteiger partial charge on any atom is -0.496 e. The molecule has 1 aromatic carbocycles. The quantitative estimate of drug-likeness (QED) is 0.632. The standard InChI is InChI=1S/C15H16N4O/c1-10-6-14(20-4)11(2)5-13(10)12-7-17-15(18-8-12)19(3)9-16/h5-8H,1-4H3. The van der Waals surface area contributed by atoms with Crippen LogP contribution in [0.3, 0.4) is 0 Å². The van der Waals surface area contributed by atoms with E-state index in [1.54, 1.807) is 26.6 Å². The number of rotatable bonds is 3. The zero-order valence-electron chi connectivity index (χ0n) is 12.0. The molecule has 102 valence electrons. The lowest BCUT2D eigenvalue weighted by molar-refractivity contribution is 0.411. The van der Waals surface area contributed by atoms with E-state index < -0.39 is 0 Å². The molecule has 0 N–H and O–H groups in total. The summed E-state index contributed by atoms with van der Waals surface area (Å²) >= 11 is 0. The van der Waals surface area contributed by atoms with Crippen molar-refractivity contribution in [2.45, 2.75) is 13.8 Å². The van der Waals surface area contributed by atoms with E-state index in [2.05, 4.69) is 16.0 Å². The fraction of sp³-hybridized carbons (Fsp3) is 0.267.